The van der Waals surface area contributed by atoms with Gasteiger partial charge in [0.05, 0.1) is 25.5 Å². The maximum absolute atomic E-state index is 5.68. The van der Waals surface area contributed by atoms with E-state index in [9.17, 15) is 0 Å². The van der Waals surface area contributed by atoms with Gasteiger partial charge in [-0.15, -0.1) is 0 Å². The molecule has 1 aromatic carbocycles. The Morgan fingerprint density at radius 1 is 1.15 bits per heavy atom. The maximum Gasteiger partial charge on any atom is 0.191 e. The fourth-order valence-electron chi connectivity index (χ4n) is 2.65. The smallest absolute Gasteiger partial charge is 0.191 e. The van der Waals surface area contributed by atoms with Gasteiger partial charge in [-0.1, -0.05) is 18.2 Å². The summed E-state index contributed by atoms with van der Waals surface area (Å²) in [5.41, 5.74) is 1.07. The van der Waals surface area contributed by atoms with Gasteiger partial charge in [-0.3, -0.25) is 4.90 Å². The summed E-state index contributed by atoms with van der Waals surface area (Å²) in [6.07, 6.45) is 1.70. The minimum absolute atomic E-state index is 0.129. The maximum atomic E-state index is 5.68. The van der Waals surface area contributed by atoms with Gasteiger partial charge in [-0.2, -0.15) is 0 Å². The topological polar surface area (TPSA) is 62.0 Å². The summed E-state index contributed by atoms with van der Waals surface area (Å²) in [7, 11) is 4.08. The number of likely N-dealkylation sites (N-methyl/N-ethyl adjacent to an activating group) is 1. The van der Waals surface area contributed by atoms with Crippen LogP contribution in [0.1, 0.15) is 31.2 Å². The summed E-state index contributed by atoms with van der Waals surface area (Å²) >= 11 is 0. The first kappa shape index (κ1) is 19.8. The number of hydrogen-bond donors (Lipinski definition) is 2. The third kappa shape index (κ3) is 5.81. The molecule has 6 nitrogen and oxygen atoms in total. The molecule has 6 heteroatoms. The number of nitrogens with zero attached hydrogens (tertiary/aromatic N) is 2. The van der Waals surface area contributed by atoms with E-state index in [1.54, 1.807) is 6.26 Å². The fourth-order valence-corrected chi connectivity index (χ4v) is 2.65. The predicted octanol–water partition coefficient (Wildman–Crippen LogP) is 3.04. The second-order valence-electron chi connectivity index (χ2n) is 6.11. The van der Waals surface area contributed by atoms with E-state index in [2.05, 4.69) is 22.5 Å². The van der Waals surface area contributed by atoms with E-state index in [0.29, 0.717) is 19.7 Å². The largest absolute Gasteiger partial charge is 0.494 e. The molecule has 1 aromatic heterocycles. The van der Waals surface area contributed by atoms with Crippen molar-refractivity contribution in [3.63, 3.8) is 0 Å². The Bertz CT molecular complexity index is 668. The molecule has 1 atom stereocenters. The van der Waals surface area contributed by atoms with Crippen molar-refractivity contribution in [3.8, 4) is 5.75 Å². The Morgan fingerprint density at radius 3 is 2.62 bits per heavy atom. The number of guanidine groups is 1. The summed E-state index contributed by atoms with van der Waals surface area (Å²) in [6.45, 7) is 6.74. The molecule has 0 fully saturated rings. The lowest BCUT2D eigenvalue weighted by atomic mass is 10.2. The van der Waals surface area contributed by atoms with E-state index in [1.807, 2.05) is 57.4 Å². The van der Waals surface area contributed by atoms with Crippen molar-refractivity contribution in [2.24, 2.45) is 4.99 Å². The van der Waals surface area contributed by atoms with Crippen molar-refractivity contribution in [2.45, 2.75) is 26.4 Å². The van der Waals surface area contributed by atoms with E-state index in [0.717, 1.165) is 29.6 Å². The highest BCUT2D eigenvalue weighted by Gasteiger charge is 2.17. The monoisotopic (exact) mass is 358 g/mol. The van der Waals surface area contributed by atoms with E-state index in [4.69, 9.17) is 14.1 Å². The zero-order valence-electron chi connectivity index (χ0n) is 16.2. The van der Waals surface area contributed by atoms with Crippen LogP contribution in [0.2, 0.25) is 0 Å². The van der Waals surface area contributed by atoms with Crippen LogP contribution < -0.4 is 15.4 Å². The molecular formula is C20H30N4O2. The second-order valence-corrected chi connectivity index (χ2v) is 6.11. The Morgan fingerprint density at radius 2 is 1.96 bits per heavy atom. The van der Waals surface area contributed by atoms with Gasteiger partial charge in [-0.25, -0.2) is 4.99 Å². The number of para-hydroxylation sites is 1. The van der Waals surface area contributed by atoms with E-state index in [1.165, 1.54) is 0 Å². The average Bonchev–Trinajstić information content (AvgIpc) is 3.15. The van der Waals surface area contributed by atoms with Crippen LogP contribution in [0, 0.1) is 0 Å². The highest BCUT2D eigenvalue weighted by atomic mass is 16.5. The van der Waals surface area contributed by atoms with E-state index < -0.39 is 0 Å². The first-order valence-corrected chi connectivity index (χ1v) is 9.08. The molecule has 0 saturated carbocycles. The standard InChI is InChI=1S/C20H30N4O2/c1-5-21-20(22-14-16-10-7-8-11-18(16)25-6-2)23-15-17(24(3)4)19-12-9-13-26-19/h7-13,17H,5-6,14-15H2,1-4H3,(H2,21,22,23). The molecule has 26 heavy (non-hydrogen) atoms. The van der Waals surface area contributed by atoms with Gasteiger partial charge in [0.1, 0.15) is 11.5 Å². The predicted molar refractivity (Wildman–Crippen MR) is 106 cm³/mol. The van der Waals surface area contributed by atoms with Crippen molar-refractivity contribution in [1.82, 2.24) is 15.5 Å². The number of aliphatic imine (C=N–C) groups is 1. The van der Waals surface area contributed by atoms with Crippen LogP contribution in [0.4, 0.5) is 0 Å². The van der Waals surface area contributed by atoms with Gasteiger partial charge in [0.25, 0.3) is 0 Å². The van der Waals surface area contributed by atoms with Crippen molar-refractivity contribution >= 4 is 5.96 Å². The summed E-state index contributed by atoms with van der Waals surface area (Å²) in [6, 6.07) is 12.0. The van der Waals surface area contributed by atoms with Gasteiger partial charge in [0, 0.05) is 18.7 Å². The number of ether oxygens (including phenoxy) is 1. The quantitative estimate of drug-likeness (QED) is 0.533. The minimum Gasteiger partial charge on any atom is -0.494 e. The minimum atomic E-state index is 0.129. The number of furan rings is 1. The summed E-state index contributed by atoms with van der Waals surface area (Å²) in [5, 5.41) is 6.70. The van der Waals surface area contributed by atoms with E-state index in [-0.39, 0.29) is 6.04 Å². The molecule has 0 aliphatic heterocycles. The van der Waals surface area contributed by atoms with Crippen molar-refractivity contribution in [3.05, 3.63) is 54.0 Å². The van der Waals surface area contributed by atoms with Gasteiger partial charge >= 0.3 is 0 Å². The Hall–Kier alpha value is -2.47. The first-order chi connectivity index (χ1) is 12.7. The highest BCUT2D eigenvalue weighted by Crippen LogP contribution is 2.19. The number of rotatable bonds is 9. The highest BCUT2D eigenvalue weighted by molar-refractivity contribution is 5.79. The molecule has 0 amide bonds. The molecule has 142 valence electrons. The Balaban J connectivity index is 2.04. The molecule has 1 unspecified atom stereocenters. The van der Waals surface area contributed by atoms with Gasteiger partial charge < -0.3 is 19.8 Å². The number of hydrogen-bond acceptors (Lipinski definition) is 4. The lowest BCUT2D eigenvalue weighted by molar-refractivity contribution is 0.258. The molecular weight excluding hydrogens is 328 g/mol. The lowest BCUT2D eigenvalue weighted by Gasteiger charge is -2.23. The zero-order valence-corrected chi connectivity index (χ0v) is 16.2. The molecule has 0 aliphatic carbocycles. The lowest BCUT2D eigenvalue weighted by Crippen LogP contribution is -2.41. The SMILES string of the molecule is CCNC(=NCc1ccccc1OCC)NCC(c1ccco1)N(C)C. The van der Waals surface area contributed by atoms with Crippen LogP contribution in [-0.2, 0) is 6.54 Å². The molecule has 2 rings (SSSR count). The summed E-state index contributed by atoms with van der Waals surface area (Å²) < 4.78 is 11.2. The van der Waals surface area contributed by atoms with E-state index >= 15 is 0 Å². The van der Waals surface area contributed by atoms with Crippen molar-refractivity contribution in [2.75, 3.05) is 33.8 Å². The van der Waals surface area contributed by atoms with Crippen LogP contribution in [0.3, 0.4) is 0 Å². The van der Waals surface area contributed by atoms with Gasteiger partial charge in [0.2, 0.25) is 0 Å². The number of nitrogens with one attached hydrogen (secondary N) is 2. The molecule has 0 bridgehead atoms. The third-order valence-electron chi connectivity index (χ3n) is 3.98. The summed E-state index contributed by atoms with van der Waals surface area (Å²) in [5.74, 6) is 2.59. The van der Waals surface area contributed by atoms with Crippen LogP contribution in [0.25, 0.3) is 0 Å². The molecule has 2 N–H and O–H groups in total. The first-order valence-electron chi connectivity index (χ1n) is 9.08. The normalized spacial score (nSPS) is 12.9. The van der Waals surface area contributed by atoms with Crippen LogP contribution in [0.5, 0.6) is 5.75 Å². The molecule has 1 heterocycles. The van der Waals surface area contributed by atoms with Crippen molar-refractivity contribution in [1.29, 1.82) is 0 Å². The van der Waals surface area contributed by atoms with Gasteiger partial charge in [0.15, 0.2) is 5.96 Å². The molecule has 0 saturated heterocycles. The second kappa shape index (κ2) is 10.5. The zero-order chi connectivity index (χ0) is 18.8. The van der Waals surface area contributed by atoms with Crippen LogP contribution in [-0.4, -0.2) is 44.7 Å². The third-order valence-corrected chi connectivity index (χ3v) is 3.98. The molecule has 2 aromatic rings. The van der Waals surface area contributed by atoms with Crippen LogP contribution in [0.15, 0.2) is 52.1 Å². The summed E-state index contributed by atoms with van der Waals surface area (Å²) in [4.78, 5) is 6.83. The van der Waals surface area contributed by atoms with Crippen LogP contribution >= 0.6 is 0 Å². The van der Waals surface area contributed by atoms with Crippen molar-refractivity contribution < 1.29 is 9.15 Å². The molecule has 0 aliphatic rings. The Labute approximate surface area is 156 Å². The number of benzene rings is 1. The molecule has 0 spiro atoms. The Kier molecular flexibility index (Phi) is 8.02. The molecule has 0 radical (unpaired) electrons. The van der Waals surface area contributed by atoms with Gasteiger partial charge in [-0.05, 0) is 46.1 Å². The fraction of sp³-hybridized carbons (Fsp3) is 0.450. The average molecular weight is 358 g/mol.